The third kappa shape index (κ3) is 5.20. The van der Waals surface area contributed by atoms with Gasteiger partial charge in [0.2, 0.25) is 0 Å². The molecule has 0 radical (unpaired) electrons. The third-order valence-corrected chi connectivity index (χ3v) is 8.68. The quantitative estimate of drug-likeness (QED) is 0.356. The number of carbonyl (C=O) groups excluding carboxylic acids is 1. The molecule has 0 heterocycles. The molecule has 0 bridgehead atoms. The molecule has 0 unspecified atom stereocenters. The van der Waals surface area contributed by atoms with Crippen LogP contribution in [0.5, 0.6) is 0 Å². The number of rotatable bonds is 5. The summed E-state index contributed by atoms with van der Waals surface area (Å²) in [4.78, 5) is 14.7. The van der Waals surface area contributed by atoms with Gasteiger partial charge in [-0.3, -0.25) is 9.35 Å². The fourth-order valence-corrected chi connectivity index (χ4v) is 6.82. The minimum absolute atomic E-state index is 0.100. The summed E-state index contributed by atoms with van der Waals surface area (Å²) in [6.45, 7) is 12.2. The van der Waals surface area contributed by atoms with Crippen molar-refractivity contribution < 1.29 is 27.1 Å². The van der Waals surface area contributed by atoms with Crippen LogP contribution in [0.15, 0.2) is 22.8 Å². The third-order valence-electron chi connectivity index (χ3n) is 8.16. The minimum Gasteiger partial charge on any atom is -0.364 e. The highest BCUT2D eigenvalue weighted by Gasteiger charge is 2.53. The van der Waals surface area contributed by atoms with Crippen molar-refractivity contribution in [2.45, 2.75) is 84.8 Å². The van der Waals surface area contributed by atoms with Crippen LogP contribution in [-0.2, 0) is 19.4 Å². The van der Waals surface area contributed by atoms with E-state index in [1.807, 2.05) is 0 Å². The minimum atomic E-state index is -4.69. The molecule has 7 nitrogen and oxygen atoms in total. The van der Waals surface area contributed by atoms with Crippen LogP contribution < -0.4 is 0 Å². The summed E-state index contributed by atoms with van der Waals surface area (Å²) < 4.78 is 35.4. The lowest BCUT2D eigenvalue weighted by Gasteiger charge is -2.46. The van der Waals surface area contributed by atoms with E-state index in [1.165, 1.54) is 30.8 Å². The first-order chi connectivity index (χ1) is 15.0. The predicted molar refractivity (Wildman–Crippen MR) is 123 cm³/mol. The Morgan fingerprint density at radius 2 is 1.78 bits per heavy atom. The lowest BCUT2D eigenvalue weighted by Crippen LogP contribution is -2.42. The zero-order chi connectivity index (χ0) is 23.7. The summed E-state index contributed by atoms with van der Waals surface area (Å²) in [5.74, 6) is -0.841. The first kappa shape index (κ1) is 25.6. The molecule has 4 aliphatic rings. The van der Waals surface area contributed by atoms with Crippen molar-refractivity contribution in [2.75, 3.05) is 19.6 Å². The molecule has 32 heavy (non-hydrogen) atoms. The largest absolute Gasteiger partial charge is 0.400 e. The molecule has 8 heteroatoms. The van der Waals surface area contributed by atoms with E-state index in [0.29, 0.717) is 36.9 Å². The maximum Gasteiger partial charge on any atom is 0.400 e. The average molecular weight is 470 g/mol. The molecule has 0 aromatic carbocycles. The maximum absolute atomic E-state index is 12.3. The standard InChI is InChI=1S/C18H24O6S.C6H15N/c1-17-8-6-13-12-7-9-18(20,24-25(21,22)23)10-11(12)2-3-14(13)15(17)4-5-16(17)19;1-4-7(5-2)6-3/h3,13,15,20H,2,4-10H2,1H3,(H,21,22,23);4-6H2,1-3H3/t13-,15+,17+,18-;/m1./s1. The van der Waals surface area contributed by atoms with Crippen LogP contribution in [0, 0.1) is 17.3 Å². The van der Waals surface area contributed by atoms with E-state index in [9.17, 15) is 18.3 Å². The fraction of sp³-hybridized carbons (Fsp3) is 0.792. The molecule has 4 atom stereocenters. The highest BCUT2D eigenvalue weighted by Crippen LogP contribution is 2.58. The number of nitrogens with zero attached hydrogens (tertiary/aromatic N) is 1. The molecule has 182 valence electrons. The van der Waals surface area contributed by atoms with Crippen molar-refractivity contribution in [1.29, 1.82) is 0 Å². The second-order valence-electron chi connectivity index (χ2n) is 9.81. The number of aliphatic hydroxyl groups is 1. The van der Waals surface area contributed by atoms with E-state index in [-0.39, 0.29) is 18.3 Å². The number of fused-ring (bicyclic) bond motifs is 4. The highest BCUT2D eigenvalue weighted by atomic mass is 32.3. The van der Waals surface area contributed by atoms with Gasteiger partial charge in [0.1, 0.15) is 5.78 Å². The predicted octanol–water partition coefficient (Wildman–Crippen LogP) is 4.05. The van der Waals surface area contributed by atoms with Crippen LogP contribution in [-0.4, -0.2) is 54.2 Å². The normalized spacial score (nSPS) is 34.3. The van der Waals surface area contributed by atoms with Crippen LogP contribution in [0.3, 0.4) is 0 Å². The molecule has 2 fully saturated rings. The molecule has 0 aromatic heterocycles. The zero-order valence-corrected chi connectivity index (χ0v) is 20.7. The molecule has 2 N–H and O–H groups in total. The number of Topliss-reactive ketones (excluding diaryl/α,β-unsaturated/α-hetero) is 1. The Balaban J connectivity index is 0.000000360. The van der Waals surface area contributed by atoms with Gasteiger partial charge < -0.3 is 10.0 Å². The topological polar surface area (TPSA) is 104 Å². The van der Waals surface area contributed by atoms with Gasteiger partial charge in [-0.25, -0.2) is 4.18 Å². The van der Waals surface area contributed by atoms with E-state index < -0.39 is 16.2 Å². The fourth-order valence-electron chi connectivity index (χ4n) is 6.28. The number of hydrogen-bond acceptors (Lipinski definition) is 6. The van der Waals surface area contributed by atoms with Gasteiger partial charge in [-0.05, 0) is 57.7 Å². The molecular weight excluding hydrogens is 430 g/mol. The van der Waals surface area contributed by atoms with Crippen LogP contribution in [0.25, 0.3) is 0 Å². The maximum atomic E-state index is 12.3. The van der Waals surface area contributed by atoms with E-state index in [1.54, 1.807) is 0 Å². The molecule has 0 spiro atoms. The van der Waals surface area contributed by atoms with E-state index >= 15 is 0 Å². The van der Waals surface area contributed by atoms with Gasteiger partial charge in [0.15, 0.2) is 5.79 Å². The molecule has 4 rings (SSSR count). The van der Waals surface area contributed by atoms with Crippen LogP contribution in [0.2, 0.25) is 0 Å². The van der Waals surface area contributed by atoms with Crippen molar-refractivity contribution in [2.24, 2.45) is 17.3 Å². The Hall–Kier alpha value is -1.06. The lowest BCUT2D eigenvalue weighted by molar-refractivity contribution is -0.146. The molecule has 2 saturated carbocycles. The highest BCUT2D eigenvalue weighted by molar-refractivity contribution is 7.80. The van der Waals surface area contributed by atoms with Crippen LogP contribution >= 0.6 is 0 Å². The van der Waals surface area contributed by atoms with Gasteiger partial charge in [-0.1, -0.05) is 50.5 Å². The van der Waals surface area contributed by atoms with Crippen molar-refractivity contribution in [3.8, 4) is 0 Å². The molecule has 0 saturated heterocycles. The van der Waals surface area contributed by atoms with Gasteiger partial charge in [-0.15, -0.1) is 0 Å². The Labute approximate surface area is 192 Å². The summed E-state index contributed by atoms with van der Waals surface area (Å²) in [6, 6.07) is 0. The lowest BCUT2D eigenvalue weighted by atomic mass is 9.58. The van der Waals surface area contributed by atoms with E-state index in [0.717, 1.165) is 24.8 Å². The van der Waals surface area contributed by atoms with Crippen LogP contribution in [0.4, 0.5) is 0 Å². The van der Waals surface area contributed by atoms with Gasteiger partial charge >= 0.3 is 10.4 Å². The molecule has 0 aliphatic heterocycles. The Kier molecular flexibility index (Phi) is 7.72. The summed E-state index contributed by atoms with van der Waals surface area (Å²) in [7, 11) is -4.69. The van der Waals surface area contributed by atoms with Gasteiger partial charge in [0, 0.05) is 30.6 Å². The molecular formula is C24H39NO6S. The number of carbonyl (C=O) groups is 1. The van der Waals surface area contributed by atoms with Crippen LogP contribution in [0.1, 0.15) is 79.1 Å². The van der Waals surface area contributed by atoms with Crippen molar-refractivity contribution in [3.63, 3.8) is 0 Å². The summed E-state index contributed by atoms with van der Waals surface area (Å²) in [5, 5.41) is 10.4. The van der Waals surface area contributed by atoms with Crippen molar-refractivity contribution in [3.05, 3.63) is 22.8 Å². The Morgan fingerprint density at radius 3 is 2.34 bits per heavy atom. The molecule has 4 aliphatic carbocycles. The van der Waals surface area contributed by atoms with Gasteiger partial charge in [0.05, 0.1) is 0 Å². The van der Waals surface area contributed by atoms with Crippen molar-refractivity contribution in [1.82, 2.24) is 4.90 Å². The van der Waals surface area contributed by atoms with E-state index in [2.05, 4.69) is 42.9 Å². The second-order valence-corrected chi connectivity index (χ2v) is 10.8. The first-order valence-electron chi connectivity index (χ1n) is 12.0. The Morgan fingerprint density at radius 1 is 1.12 bits per heavy atom. The average Bonchev–Trinajstić information content (AvgIpc) is 3.02. The SMILES string of the molecule is CCN(CC)CC.C[C@]12CC[C@H]3C(=CCC4=C3CC[C@@](O)(OS(=O)(=O)O)C4)[C@@H]1CCC2=O. The first-order valence-corrected chi connectivity index (χ1v) is 13.4. The number of allylic oxidation sites excluding steroid dienone is 3. The second kappa shape index (κ2) is 9.66. The summed E-state index contributed by atoms with van der Waals surface area (Å²) in [5.41, 5.74) is 3.45. The molecule has 0 amide bonds. The monoisotopic (exact) mass is 469 g/mol. The zero-order valence-electron chi connectivity index (χ0n) is 19.9. The van der Waals surface area contributed by atoms with E-state index in [4.69, 9.17) is 4.55 Å². The Bertz CT molecular complexity index is 885. The van der Waals surface area contributed by atoms with Gasteiger partial charge in [-0.2, -0.15) is 8.42 Å². The smallest absolute Gasteiger partial charge is 0.364 e. The van der Waals surface area contributed by atoms with Gasteiger partial charge in [0.25, 0.3) is 0 Å². The number of hydrogen-bond donors (Lipinski definition) is 2. The summed E-state index contributed by atoms with van der Waals surface area (Å²) >= 11 is 0. The molecule has 0 aromatic rings. The summed E-state index contributed by atoms with van der Waals surface area (Å²) in [6.07, 6.45) is 7.06. The number of ketones is 1. The van der Waals surface area contributed by atoms with Crippen molar-refractivity contribution >= 4 is 16.2 Å².